The zero-order valence-corrected chi connectivity index (χ0v) is 18.3. The van der Waals surface area contributed by atoms with Crippen molar-refractivity contribution in [1.29, 1.82) is 0 Å². The lowest BCUT2D eigenvalue weighted by atomic mass is 10.1. The molecule has 9 nitrogen and oxygen atoms in total. The van der Waals surface area contributed by atoms with Crippen LogP contribution in [0.2, 0.25) is 5.02 Å². The summed E-state index contributed by atoms with van der Waals surface area (Å²) in [6.07, 6.45) is 1.59. The van der Waals surface area contributed by atoms with Crippen LogP contribution in [0, 0.1) is 17.0 Å². The topological polar surface area (TPSA) is 117 Å². The second-order valence-electron chi connectivity index (χ2n) is 6.63. The summed E-state index contributed by atoms with van der Waals surface area (Å²) in [4.78, 5) is 38.9. The van der Waals surface area contributed by atoms with Gasteiger partial charge in [0, 0.05) is 23.6 Å². The molecule has 0 aliphatic carbocycles. The Morgan fingerprint density at radius 2 is 2.06 bits per heavy atom. The van der Waals surface area contributed by atoms with Crippen LogP contribution >= 0.6 is 11.6 Å². The predicted octanol–water partition coefficient (Wildman–Crippen LogP) is 4.62. The Kier molecular flexibility index (Phi) is 6.89. The van der Waals surface area contributed by atoms with Gasteiger partial charge in [-0.15, -0.1) is 0 Å². The summed E-state index contributed by atoms with van der Waals surface area (Å²) in [5.41, 5.74) is 0.995. The average molecular weight is 459 g/mol. The van der Waals surface area contributed by atoms with Crippen LogP contribution in [0.1, 0.15) is 37.0 Å². The van der Waals surface area contributed by atoms with Crippen LogP contribution < -0.4 is 9.47 Å². The van der Waals surface area contributed by atoms with Crippen molar-refractivity contribution in [1.82, 2.24) is 0 Å². The highest BCUT2D eigenvalue weighted by Gasteiger charge is 2.27. The highest BCUT2D eigenvalue weighted by atomic mass is 35.5. The minimum atomic E-state index is -0.721. The second-order valence-corrected chi connectivity index (χ2v) is 7.04. The smallest absolute Gasteiger partial charge is 0.363 e. The van der Waals surface area contributed by atoms with E-state index in [4.69, 9.17) is 25.8 Å². The van der Waals surface area contributed by atoms with E-state index in [1.54, 1.807) is 32.9 Å². The lowest BCUT2D eigenvalue weighted by molar-refractivity contribution is -0.385. The van der Waals surface area contributed by atoms with Crippen molar-refractivity contribution in [3.05, 3.63) is 67.9 Å². The fraction of sp³-hybridized carbons (Fsp3) is 0.227. The summed E-state index contributed by atoms with van der Waals surface area (Å²) in [5.74, 6) is -0.903. The summed E-state index contributed by atoms with van der Waals surface area (Å²) >= 11 is 6.28. The number of hydrogen-bond donors (Lipinski definition) is 0. The number of rotatable bonds is 7. The first-order valence-corrected chi connectivity index (χ1v) is 10.1. The number of benzene rings is 2. The average Bonchev–Trinajstić information content (AvgIpc) is 3.10. The minimum Gasteiger partial charge on any atom is -0.490 e. The van der Waals surface area contributed by atoms with Crippen LogP contribution in [0.25, 0.3) is 6.08 Å². The van der Waals surface area contributed by atoms with Crippen LogP contribution in [-0.2, 0) is 14.3 Å². The highest BCUT2D eigenvalue weighted by Crippen LogP contribution is 2.38. The molecule has 0 unspecified atom stereocenters. The van der Waals surface area contributed by atoms with Crippen LogP contribution in [0.5, 0.6) is 11.5 Å². The van der Waals surface area contributed by atoms with Gasteiger partial charge in [-0.05, 0) is 43.7 Å². The summed E-state index contributed by atoms with van der Waals surface area (Å²) < 4.78 is 16.0. The minimum absolute atomic E-state index is 0.0253. The number of aliphatic imine (C=N–C) groups is 1. The van der Waals surface area contributed by atoms with Crippen molar-refractivity contribution in [2.75, 3.05) is 6.61 Å². The number of nitro groups is 1. The molecule has 32 heavy (non-hydrogen) atoms. The van der Waals surface area contributed by atoms with Gasteiger partial charge in [-0.3, -0.25) is 14.9 Å². The molecule has 0 N–H and O–H groups in total. The second kappa shape index (κ2) is 9.61. The number of carbonyl (C=O) groups excluding carboxylic acids is 2. The molecule has 0 aromatic heterocycles. The van der Waals surface area contributed by atoms with Gasteiger partial charge in [-0.1, -0.05) is 24.6 Å². The standard InChI is InChI=1S/C22H19ClN2O7/c1-4-19(26)31-20-15(23)9-13(11-18(20)30-5-2)10-16-22(27)32-21(24-16)14-7-6-8-17(12(14)3)25(28)29/h6-11H,4-5H2,1-3H3/b16-10-. The summed E-state index contributed by atoms with van der Waals surface area (Å²) in [7, 11) is 0. The molecule has 166 valence electrons. The molecule has 0 radical (unpaired) electrons. The molecule has 10 heteroatoms. The van der Waals surface area contributed by atoms with Gasteiger partial charge < -0.3 is 14.2 Å². The molecule has 0 spiro atoms. The number of nitro benzene ring substituents is 1. The van der Waals surface area contributed by atoms with E-state index in [-0.39, 0.29) is 40.2 Å². The van der Waals surface area contributed by atoms with Crippen molar-refractivity contribution in [3.8, 4) is 11.5 Å². The zero-order chi connectivity index (χ0) is 23.4. The molecule has 1 heterocycles. The summed E-state index contributed by atoms with van der Waals surface area (Å²) in [5, 5.41) is 11.3. The Balaban J connectivity index is 2.00. The Labute approximate surface area is 188 Å². The number of esters is 2. The molecule has 3 rings (SSSR count). The van der Waals surface area contributed by atoms with Crippen molar-refractivity contribution >= 4 is 41.2 Å². The third-order valence-electron chi connectivity index (χ3n) is 4.49. The van der Waals surface area contributed by atoms with Crippen molar-refractivity contribution in [2.45, 2.75) is 27.2 Å². The number of ether oxygens (including phenoxy) is 3. The molecule has 1 aliphatic heterocycles. The van der Waals surface area contributed by atoms with Gasteiger partial charge in [0.25, 0.3) is 5.69 Å². The van der Waals surface area contributed by atoms with Gasteiger partial charge in [-0.25, -0.2) is 9.79 Å². The van der Waals surface area contributed by atoms with Gasteiger partial charge in [0.1, 0.15) is 0 Å². The van der Waals surface area contributed by atoms with Crippen LogP contribution in [0.4, 0.5) is 5.69 Å². The predicted molar refractivity (Wildman–Crippen MR) is 117 cm³/mol. The summed E-state index contributed by atoms with van der Waals surface area (Å²) in [6, 6.07) is 7.48. The Morgan fingerprint density at radius 3 is 2.72 bits per heavy atom. The first-order valence-electron chi connectivity index (χ1n) is 9.69. The number of cyclic esters (lactones) is 1. The molecule has 0 fully saturated rings. The van der Waals surface area contributed by atoms with Crippen LogP contribution in [0.15, 0.2) is 41.0 Å². The molecule has 1 aliphatic rings. The van der Waals surface area contributed by atoms with E-state index < -0.39 is 16.9 Å². The summed E-state index contributed by atoms with van der Waals surface area (Å²) in [6.45, 7) is 5.26. The van der Waals surface area contributed by atoms with E-state index in [0.717, 1.165) is 0 Å². The number of nitrogens with zero attached hydrogens (tertiary/aromatic N) is 2. The molecule has 2 aromatic rings. The monoisotopic (exact) mass is 458 g/mol. The third kappa shape index (κ3) is 4.78. The van der Waals surface area contributed by atoms with E-state index in [9.17, 15) is 19.7 Å². The maximum atomic E-state index is 12.4. The molecular formula is C22H19ClN2O7. The number of carbonyl (C=O) groups is 2. The highest BCUT2D eigenvalue weighted by molar-refractivity contribution is 6.32. The van der Waals surface area contributed by atoms with E-state index in [0.29, 0.717) is 23.3 Å². The molecule has 0 bridgehead atoms. The van der Waals surface area contributed by atoms with E-state index in [1.807, 2.05) is 0 Å². The van der Waals surface area contributed by atoms with Gasteiger partial charge in [0.15, 0.2) is 17.2 Å². The van der Waals surface area contributed by atoms with Crippen molar-refractivity contribution in [3.63, 3.8) is 0 Å². The molecule has 0 atom stereocenters. The third-order valence-corrected chi connectivity index (χ3v) is 4.77. The van der Waals surface area contributed by atoms with Crippen molar-refractivity contribution in [2.24, 2.45) is 4.99 Å². The van der Waals surface area contributed by atoms with Crippen LogP contribution in [-0.4, -0.2) is 29.4 Å². The van der Waals surface area contributed by atoms with Crippen molar-refractivity contribution < 1.29 is 28.7 Å². The molecule has 2 aromatic carbocycles. The number of halogens is 1. The maximum Gasteiger partial charge on any atom is 0.363 e. The lowest BCUT2D eigenvalue weighted by Crippen LogP contribution is -2.08. The fourth-order valence-electron chi connectivity index (χ4n) is 2.95. The van der Waals surface area contributed by atoms with Gasteiger partial charge >= 0.3 is 11.9 Å². The molecule has 0 amide bonds. The Bertz CT molecular complexity index is 1170. The zero-order valence-electron chi connectivity index (χ0n) is 17.5. The molecule has 0 saturated heterocycles. The first-order chi connectivity index (χ1) is 15.2. The fourth-order valence-corrected chi connectivity index (χ4v) is 3.21. The first kappa shape index (κ1) is 23.0. The Hall–Kier alpha value is -3.72. The van der Waals surface area contributed by atoms with E-state index in [2.05, 4.69) is 4.99 Å². The SMILES string of the molecule is CCOc1cc(/C=C2\N=C(c3cccc([N+](=O)[O-])c3C)OC2=O)cc(Cl)c1OC(=O)CC. The normalized spacial score (nSPS) is 14.2. The Morgan fingerprint density at radius 1 is 1.31 bits per heavy atom. The van der Waals surface area contributed by atoms with Crippen LogP contribution in [0.3, 0.4) is 0 Å². The quantitative estimate of drug-likeness (QED) is 0.195. The largest absolute Gasteiger partial charge is 0.490 e. The van der Waals surface area contributed by atoms with E-state index in [1.165, 1.54) is 24.3 Å². The van der Waals surface area contributed by atoms with Gasteiger partial charge in [-0.2, -0.15) is 0 Å². The van der Waals surface area contributed by atoms with Gasteiger partial charge in [0.2, 0.25) is 5.90 Å². The molecular weight excluding hydrogens is 440 g/mol. The maximum absolute atomic E-state index is 12.4. The van der Waals surface area contributed by atoms with E-state index >= 15 is 0 Å². The van der Waals surface area contributed by atoms with Gasteiger partial charge in [0.05, 0.1) is 16.6 Å². The number of hydrogen-bond acceptors (Lipinski definition) is 8. The molecule has 0 saturated carbocycles. The lowest BCUT2D eigenvalue weighted by Gasteiger charge is -2.13.